The van der Waals surface area contributed by atoms with E-state index in [2.05, 4.69) is 15.9 Å². The van der Waals surface area contributed by atoms with Crippen molar-refractivity contribution < 1.29 is 9.47 Å². The van der Waals surface area contributed by atoms with Crippen LogP contribution in [0, 0.1) is 0 Å². The van der Waals surface area contributed by atoms with Crippen molar-refractivity contribution in [3.8, 4) is 0 Å². The van der Waals surface area contributed by atoms with Gasteiger partial charge >= 0.3 is 0 Å². The lowest BCUT2D eigenvalue weighted by molar-refractivity contribution is 0.0264. The van der Waals surface area contributed by atoms with Crippen LogP contribution in [0.25, 0.3) is 0 Å². The van der Waals surface area contributed by atoms with Crippen LogP contribution in [0.1, 0.15) is 25.0 Å². The summed E-state index contributed by atoms with van der Waals surface area (Å²) < 4.78 is 11.9. The van der Waals surface area contributed by atoms with Crippen LogP contribution in [0.3, 0.4) is 0 Å². The number of nitrogens with two attached hydrogens (primary N) is 1. The molecular formula is C13H20BrNO2. The minimum absolute atomic E-state index is 0.0353. The summed E-state index contributed by atoms with van der Waals surface area (Å²) in [5, 5.41) is 0. The van der Waals surface area contributed by atoms with Gasteiger partial charge in [-0.25, -0.2) is 0 Å². The van der Waals surface area contributed by atoms with Crippen LogP contribution >= 0.6 is 15.9 Å². The van der Waals surface area contributed by atoms with Gasteiger partial charge in [-0.15, -0.1) is 0 Å². The van der Waals surface area contributed by atoms with Crippen LogP contribution in [0.4, 0.5) is 0 Å². The second kappa shape index (κ2) is 7.82. The van der Waals surface area contributed by atoms with Crippen LogP contribution in [-0.4, -0.2) is 26.4 Å². The molecule has 0 spiro atoms. The average Bonchev–Trinajstić information content (AvgIpc) is 2.28. The van der Waals surface area contributed by atoms with Crippen LogP contribution in [0.2, 0.25) is 0 Å². The minimum Gasteiger partial charge on any atom is -0.385 e. The number of ether oxygens (including phenoxy) is 2. The molecule has 0 radical (unpaired) electrons. The van der Waals surface area contributed by atoms with Gasteiger partial charge in [0.25, 0.3) is 0 Å². The number of halogens is 1. The summed E-state index contributed by atoms with van der Waals surface area (Å²) >= 11 is 3.46. The summed E-state index contributed by atoms with van der Waals surface area (Å²) in [6.45, 7) is 3.33. The molecule has 0 amide bonds. The number of rotatable bonds is 7. The molecule has 1 rings (SSSR count). The smallest absolute Gasteiger partial charge is 0.0973 e. The fourth-order valence-corrected chi connectivity index (χ4v) is 2.07. The normalized spacial score (nSPS) is 14.6. The Balaban J connectivity index is 2.59. The molecule has 2 unspecified atom stereocenters. The lowest BCUT2D eigenvalue weighted by Crippen LogP contribution is -2.27. The van der Waals surface area contributed by atoms with Crippen LogP contribution < -0.4 is 5.73 Å². The molecule has 0 saturated heterocycles. The molecule has 96 valence electrons. The Hall–Kier alpha value is -0.420. The van der Waals surface area contributed by atoms with E-state index in [-0.39, 0.29) is 12.1 Å². The molecule has 0 saturated carbocycles. The largest absolute Gasteiger partial charge is 0.385 e. The van der Waals surface area contributed by atoms with Gasteiger partial charge in [-0.05, 0) is 31.0 Å². The Labute approximate surface area is 111 Å². The molecule has 3 nitrogen and oxygen atoms in total. The summed E-state index contributed by atoms with van der Waals surface area (Å²) in [5.41, 5.74) is 7.07. The molecule has 0 bridgehead atoms. The first kappa shape index (κ1) is 14.6. The zero-order valence-corrected chi connectivity index (χ0v) is 11.9. The average molecular weight is 302 g/mol. The first-order valence-corrected chi connectivity index (χ1v) is 6.56. The second-order valence-electron chi connectivity index (χ2n) is 4.05. The van der Waals surface area contributed by atoms with E-state index in [0.29, 0.717) is 13.2 Å². The third kappa shape index (κ3) is 5.17. The summed E-state index contributed by atoms with van der Waals surface area (Å²) in [5.74, 6) is 0. The first-order valence-electron chi connectivity index (χ1n) is 5.76. The highest BCUT2D eigenvalue weighted by atomic mass is 79.9. The van der Waals surface area contributed by atoms with E-state index < -0.39 is 0 Å². The Kier molecular flexibility index (Phi) is 6.73. The highest BCUT2D eigenvalue weighted by Gasteiger charge is 2.16. The zero-order valence-electron chi connectivity index (χ0n) is 10.4. The number of methoxy groups -OCH3 is 1. The second-order valence-corrected chi connectivity index (χ2v) is 4.97. The molecule has 4 heteroatoms. The molecular weight excluding hydrogens is 282 g/mol. The van der Waals surface area contributed by atoms with Gasteiger partial charge in [0.2, 0.25) is 0 Å². The van der Waals surface area contributed by atoms with E-state index in [4.69, 9.17) is 15.2 Å². The summed E-state index contributed by atoms with van der Waals surface area (Å²) in [6.07, 6.45) is 0.817. The van der Waals surface area contributed by atoms with Crippen molar-refractivity contribution in [2.45, 2.75) is 25.5 Å². The molecule has 17 heavy (non-hydrogen) atoms. The summed E-state index contributed by atoms with van der Waals surface area (Å²) in [6, 6.07) is 8.03. The van der Waals surface area contributed by atoms with E-state index in [9.17, 15) is 0 Å². The minimum atomic E-state index is -0.0654. The molecule has 0 fully saturated rings. The van der Waals surface area contributed by atoms with Crippen molar-refractivity contribution in [1.82, 2.24) is 0 Å². The predicted molar refractivity (Wildman–Crippen MR) is 73.0 cm³/mol. The number of benzene rings is 1. The van der Waals surface area contributed by atoms with Gasteiger partial charge in [-0.2, -0.15) is 0 Å². The molecule has 0 heterocycles. The third-order valence-electron chi connectivity index (χ3n) is 2.44. The third-order valence-corrected chi connectivity index (χ3v) is 2.94. The Morgan fingerprint density at radius 2 is 2.12 bits per heavy atom. The Bertz CT molecular complexity index is 331. The van der Waals surface area contributed by atoms with Gasteiger partial charge in [0.15, 0.2) is 0 Å². The van der Waals surface area contributed by atoms with Gasteiger partial charge in [-0.3, -0.25) is 0 Å². The molecule has 0 aliphatic heterocycles. The van der Waals surface area contributed by atoms with Crippen molar-refractivity contribution in [2.75, 3.05) is 20.3 Å². The monoisotopic (exact) mass is 301 g/mol. The fourth-order valence-electron chi connectivity index (χ4n) is 1.65. The van der Waals surface area contributed by atoms with E-state index in [1.165, 1.54) is 0 Å². The molecule has 0 aliphatic rings. The van der Waals surface area contributed by atoms with Gasteiger partial charge in [0.1, 0.15) is 0 Å². The van der Waals surface area contributed by atoms with Crippen molar-refractivity contribution >= 4 is 15.9 Å². The summed E-state index contributed by atoms with van der Waals surface area (Å²) in [7, 11) is 1.69. The maximum atomic E-state index is 5.96. The molecule has 1 aromatic rings. The van der Waals surface area contributed by atoms with E-state index in [0.717, 1.165) is 16.5 Å². The van der Waals surface area contributed by atoms with E-state index in [1.807, 2.05) is 31.2 Å². The highest BCUT2D eigenvalue weighted by molar-refractivity contribution is 9.10. The quantitative estimate of drug-likeness (QED) is 0.788. The van der Waals surface area contributed by atoms with Gasteiger partial charge in [0.05, 0.1) is 6.10 Å². The maximum Gasteiger partial charge on any atom is 0.0973 e. The van der Waals surface area contributed by atoms with Crippen molar-refractivity contribution in [3.05, 3.63) is 34.3 Å². The lowest BCUT2D eigenvalue weighted by atomic mass is 10.0. The lowest BCUT2D eigenvalue weighted by Gasteiger charge is -2.22. The summed E-state index contributed by atoms with van der Waals surface area (Å²) in [4.78, 5) is 0. The molecule has 0 aromatic heterocycles. The number of hydrogen-bond acceptors (Lipinski definition) is 3. The standard InChI is InChI=1S/C13H20BrNO2/c1-10(15)13(17-8-4-7-16-2)11-5-3-6-12(14)9-11/h3,5-6,9-10,13H,4,7-8,15H2,1-2H3. The van der Waals surface area contributed by atoms with E-state index in [1.54, 1.807) is 7.11 Å². The van der Waals surface area contributed by atoms with E-state index >= 15 is 0 Å². The van der Waals surface area contributed by atoms with Crippen molar-refractivity contribution in [2.24, 2.45) is 5.73 Å². The Morgan fingerprint density at radius 1 is 1.35 bits per heavy atom. The topological polar surface area (TPSA) is 44.5 Å². The molecule has 0 aliphatic carbocycles. The first-order chi connectivity index (χ1) is 8.15. The van der Waals surface area contributed by atoms with Gasteiger partial charge in [0, 0.05) is 30.8 Å². The molecule has 1 aromatic carbocycles. The highest BCUT2D eigenvalue weighted by Crippen LogP contribution is 2.23. The predicted octanol–water partition coefficient (Wildman–Crippen LogP) is 2.89. The Morgan fingerprint density at radius 3 is 2.71 bits per heavy atom. The SMILES string of the molecule is COCCCOC(c1cccc(Br)c1)C(C)N. The fraction of sp³-hybridized carbons (Fsp3) is 0.538. The van der Waals surface area contributed by atoms with Crippen molar-refractivity contribution in [1.29, 1.82) is 0 Å². The maximum absolute atomic E-state index is 5.96. The zero-order chi connectivity index (χ0) is 12.7. The van der Waals surface area contributed by atoms with Crippen LogP contribution in [0.15, 0.2) is 28.7 Å². The van der Waals surface area contributed by atoms with Crippen molar-refractivity contribution in [3.63, 3.8) is 0 Å². The van der Waals surface area contributed by atoms with Crippen LogP contribution in [0.5, 0.6) is 0 Å². The van der Waals surface area contributed by atoms with Crippen LogP contribution in [-0.2, 0) is 9.47 Å². The molecule has 2 atom stereocenters. The number of hydrogen-bond donors (Lipinski definition) is 1. The van der Waals surface area contributed by atoms with Gasteiger partial charge in [-0.1, -0.05) is 28.1 Å². The van der Waals surface area contributed by atoms with Gasteiger partial charge < -0.3 is 15.2 Å². The molecule has 2 N–H and O–H groups in total.